The van der Waals surface area contributed by atoms with Crippen LogP contribution in [0.2, 0.25) is 5.28 Å². The summed E-state index contributed by atoms with van der Waals surface area (Å²) in [4.78, 5) is 46.0. The van der Waals surface area contributed by atoms with Gasteiger partial charge < -0.3 is 40.0 Å². The molecule has 0 radical (unpaired) electrons. The van der Waals surface area contributed by atoms with Crippen molar-refractivity contribution in [2.45, 2.75) is 49.4 Å². The summed E-state index contributed by atoms with van der Waals surface area (Å²) in [5, 5.41) is 11.1. The molecule has 0 amide bonds. The molecular formula is C20H23ClN10O10P2S2. The van der Waals surface area contributed by atoms with Gasteiger partial charge in [-0.1, -0.05) is 12.2 Å². The lowest BCUT2D eigenvalue weighted by Gasteiger charge is -2.29. The van der Waals surface area contributed by atoms with E-state index in [1.165, 1.54) is 21.8 Å². The summed E-state index contributed by atoms with van der Waals surface area (Å²) in [6, 6.07) is 0. The second-order valence-electron chi connectivity index (χ2n) is 10.1. The molecule has 3 unspecified atom stereocenters. The fraction of sp³-hybridized carbons (Fsp3) is 0.500. The quantitative estimate of drug-likeness (QED) is 0.0927. The summed E-state index contributed by atoms with van der Waals surface area (Å²) in [6.07, 6.45) is -5.40. The molecule has 0 spiro atoms. The first-order valence-electron chi connectivity index (χ1n) is 13.0. The highest BCUT2D eigenvalue weighted by Gasteiger charge is 2.51. The maximum Gasteiger partial charge on any atom is 0.386 e. The van der Waals surface area contributed by atoms with E-state index < -0.39 is 75.3 Å². The highest BCUT2D eigenvalue weighted by atomic mass is 35.5. The first-order chi connectivity index (χ1) is 21.3. The van der Waals surface area contributed by atoms with E-state index in [2.05, 4.69) is 42.2 Å². The SMILES string of the molecule is Nc1nc2c(ncn2[C@@H]2O[C@@H]3COP(O)(=S)O[C@@H]4C[C@H](n5cnc6c(N)nc(Cl)nc65)O[C@@H]4COP(=O)(S)OC3[C@@H]2O)c(=O)[nH]1. The van der Waals surface area contributed by atoms with Gasteiger partial charge in [-0.3, -0.25) is 28.0 Å². The fourth-order valence-electron chi connectivity index (χ4n) is 5.32. The number of thiol groups is 1. The molecule has 9 atom stereocenters. The summed E-state index contributed by atoms with van der Waals surface area (Å²) in [7, 11) is 0. The van der Waals surface area contributed by atoms with Crippen molar-refractivity contribution in [2.75, 3.05) is 24.7 Å². The van der Waals surface area contributed by atoms with Crippen molar-refractivity contribution in [2.24, 2.45) is 0 Å². The zero-order valence-corrected chi connectivity index (χ0v) is 26.6. The number of nitrogen functional groups attached to an aromatic ring is 2. The van der Waals surface area contributed by atoms with E-state index in [1.54, 1.807) is 0 Å². The van der Waals surface area contributed by atoms with Gasteiger partial charge in [-0.05, 0) is 23.4 Å². The van der Waals surface area contributed by atoms with Gasteiger partial charge in [0.25, 0.3) is 5.56 Å². The zero-order valence-electron chi connectivity index (χ0n) is 22.4. The van der Waals surface area contributed by atoms with E-state index in [9.17, 15) is 19.4 Å². The van der Waals surface area contributed by atoms with Gasteiger partial charge in [0.2, 0.25) is 11.2 Å². The van der Waals surface area contributed by atoms with Crippen molar-refractivity contribution in [1.29, 1.82) is 0 Å². The Bertz CT molecular complexity index is 1960. The molecular weight excluding hydrogens is 702 g/mol. The smallest absolute Gasteiger partial charge is 0.386 e. The Morgan fingerprint density at radius 2 is 1.73 bits per heavy atom. The molecule has 7 rings (SSSR count). The maximum atomic E-state index is 13.4. The number of aromatic nitrogens is 8. The van der Waals surface area contributed by atoms with Crippen molar-refractivity contribution >= 4 is 83.3 Å². The fourth-order valence-corrected chi connectivity index (χ4v) is 8.45. The van der Waals surface area contributed by atoms with Crippen molar-refractivity contribution in [3.05, 3.63) is 28.3 Å². The Balaban J connectivity index is 1.15. The lowest BCUT2D eigenvalue weighted by Crippen LogP contribution is -2.37. The van der Waals surface area contributed by atoms with Gasteiger partial charge in [-0.25, -0.2) is 14.5 Å². The summed E-state index contributed by atoms with van der Waals surface area (Å²) >= 11 is 15.4. The number of nitrogens with two attached hydrogens (primary N) is 2. The number of aromatic amines is 1. The predicted octanol–water partition coefficient (Wildman–Crippen LogP) is 0.395. The number of halogens is 1. The average molecular weight is 725 g/mol. The van der Waals surface area contributed by atoms with Crippen LogP contribution < -0.4 is 17.0 Å². The lowest BCUT2D eigenvalue weighted by atomic mass is 10.1. The number of rotatable bonds is 2. The van der Waals surface area contributed by atoms with E-state index in [-0.39, 0.29) is 45.8 Å². The molecule has 3 fully saturated rings. The first kappa shape index (κ1) is 31.3. The number of hydrogen-bond acceptors (Lipinski definition) is 17. The molecule has 0 aromatic carbocycles. The van der Waals surface area contributed by atoms with Crippen LogP contribution in [0.25, 0.3) is 22.3 Å². The Morgan fingerprint density at radius 3 is 2.53 bits per heavy atom. The standard InChI is InChI=1S/C20H23ClN10O10P2S2/c21-19-26-14(22)10-15(27-19)30(4-24-10)9-1-6-7(38-9)2-36-43(35,45)41-13-8(3-37-42(34,44)40-6)39-18(12(13)32)31-5-25-11-16(31)28-20(23)29-17(11)33/h4-9,12-13,18,32H,1-3H2,(H,34,44)(H,35,45)(H2,22,26,27)(H3,23,28,29,33)/t6-,7-,8-,9-,12+,13?,18-,42?,43?/m1/s1. The molecule has 4 aromatic heterocycles. The molecule has 3 saturated heterocycles. The summed E-state index contributed by atoms with van der Waals surface area (Å²) < 4.78 is 51.0. The van der Waals surface area contributed by atoms with Crippen LogP contribution in [-0.4, -0.2) is 92.8 Å². The second kappa shape index (κ2) is 11.4. The van der Waals surface area contributed by atoms with Gasteiger partial charge in [0.1, 0.15) is 36.2 Å². The molecule has 0 saturated carbocycles. The van der Waals surface area contributed by atoms with Gasteiger partial charge in [0.15, 0.2) is 28.9 Å². The van der Waals surface area contributed by atoms with Crippen LogP contribution in [-0.2, 0) is 43.9 Å². The second-order valence-corrected chi connectivity index (χ2v) is 16.1. The molecule has 3 aliphatic rings. The number of aliphatic hydroxyl groups is 1. The minimum Gasteiger partial charge on any atom is -0.386 e. The van der Waals surface area contributed by atoms with E-state index in [0.717, 1.165) is 0 Å². The van der Waals surface area contributed by atoms with Gasteiger partial charge in [-0.2, -0.15) is 15.0 Å². The van der Waals surface area contributed by atoms with Crippen LogP contribution in [0.15, 0.2) is 17.4 Å². The largest absolute Gasteiger partial charge is 0.386 e. The number of ether oxygens (including phenoxy) is 2. The minimum absolute atomic E-state index is 0.000989. The van der Waals surface area contributed by atoms with E-state index in [0.29, 0.717) is 0 Å². The van der Waals surface area contributed by atoms with Gasteiger partial charge in [0, 0.05) is 6.42 Å². The van der Waals surface area contributed by atoms with Crippen LogP contribution >= 0.6 is 37.4 Å². The lowest BCUT2D eigenvalue weighted by molar-refractivity contribution is -0.0573. The first-order valence-corrected chi connectivity index (χ1v) is 18.6. The average Bonchev–Trinajstić information content (AvgIpc) is 3.71. The number of aliphatic hydroxyl groups excluding tert-OH is 1. The molecule has 4 aromatic rings. The third-order valence-electron chi connectivity index (χ3n) is 7.27. The topological polar surface area (TPSA) is 272 Å². The molecule has 20 nitrogen and oxygen atoms in total. The monoisotopic (exact) mass is 724 g/mol. The normalized spacial score (nSPS) is 36.0. The van der Waals surface area contributed by atoms with Gasteiger partial charge in [-0.15, -0.1) is 0 Å². The molecule has 0 aliphatic carbocycles. The number of fused-ring (bicyclic) bond motifs is 4. The summed E-state index contributed by atoms with van der Waals surface area (Å²) in [5.41, 5.74) is 11.5. The number of nitrogens with one attached hydrogen (secondary N) is 1. The van der Waals surface area contributed by atoms with Crippen LogP contribution in [0.4, 0.5) is 11.8 Å². The Labute approximate surface area is 266 Å². The molecule has 45 heavy (non-hydrogen) atoms. The van der Waals surface area contributed by atoms with Crippen LogP contribution in [0.1, 0.15) is 18.9 Å². The molecule has 242 valence electrons. The number of anilines is 2. The number of hydrogen-bond donors (Lipinski definition) is 6. The zero-order chi connectivity index (χ0) is 31.8. The molecule has 0 bridgehead atoms. The van der Waals surface area contributed by atoms with Crippen molar-refractivity contribution < 1.29 is 42.1 Å². The Kier molecular flexibility index (Phi) is 7.96. The molecule has 3 aliphatic heterocycles. The third kappa shape index (κ3) is 5.88. The van der Waals surface area contributed by atoms with E-state index in [4.69, 9.17) is 62.4 Å². The van der Waals surface area contributed by atoms with Gasteiger partial charge in [0.05, 0.1) is 32.0 Å². The molecule has 7 N–H and O–H groups in total. The molecule has 7 heterocycles. The Hall–Kier alpha value is -2.30. The summed E-state index contributed by atoms with van der Waals surface area (Å²) in [6.45, 7) is -9.12. The Morgan fingerprint density at radius 1 is 1.02 bits per heavy atom. The predicted molar refractivity (Wildman–Crippen MR) is 160 cm³/mol. The van der Waals surface area contributed by atoms with E-state index >= 15 is 0 Å². The highest BCUT2D eigenvalue weighted by molar-refractivity contribution is 8.44. The van der Waals surface area contributed by atoms with Gasteiger partial charge >= 0.3 is 13.5 Å². The van der Waals surface area contributed by atoms with E-state index in [1.807, 2.05) is 0 Å². The highest BCUT2D eigenvalue weighted by Crippen LogP contribution is 2.58. The number of nitrogens with zero attached hydrogens (tertiary/aromatic N) is 7. The maximum absolute atomic E-state index is 13.4. The molecule has 25 heteroatoms. The third-order valence-corrected chi connectivity index (χ3v) is 10.6. The van der Waals surface area contributed by atoms with Crippen molar-refractivity contribution in [1.82, 2.24) is 39.0 Å². The minimum atomic E-state index is -4.23. The number of imidazole rings is 2. The van der Waals surface area contributed by atoms with Crippen LogP contribution in [0, 0.1) is 0 Å². The van der Waals surface area contributed by atoms with Crippen LogP contribution in [0.3, 0.4) is 0 Å². The number of H-pyrrole nitrogens is 1. The van der Waals surface area contributed by atoms with Crippen molar-refractivity contribution in [3.8, 4) is 0 Å². The van der Waals surface area contributed by atoms with Crippen LogP contribution in [0.5, 0.6) is 0 Å². The van der Waals surface area contributed by atoms with Crippen molar-refractivity contribution in [3.63, 3.8) is 0 Å². The summed E-state index contributed by atoms with van der Waals surface area (Å²) in [5.74, 6) is -0.135.